The minimum atomic E-state index is -0.785. The van der Waals surface area contributed by atoms with Gasteiger partial charge in [0.15, 0.2) is 5.57 Å². The first-order valence-electron chi connectivity index (χ1n) is 28.6. The topological polar surface area (TPSA) is 219 Å². The van der Waals surface area contributed by atoms with Gasteiger partial charge in [-0.15, -0.1) is 58.0 Å². The first-order chi connectivity index (χ1) is 43.1. The molecule has 8 heterocycles. The van der Waals surface area contributed by atoms with Gasteiger partial charge in [-0.25, -0.2) is 19.2 Å². The summed E-state index contributed by atoms with van der Waals surface area (Å²) in [5.74, 6) is -2.98. The van der Waals surface area contributed by atoms with Gasteiger partial charge < -0.3 is 52.5 Å². The van der Waals surface area contributed by atoms with Gasteiger partial charge in [-0.05, 0) is 77.4 Å². The quantitative estimate of drug-likeness (QED) is 0.0212. The fourth-order valence-electron chi connectivity index (χ4n) is 9.22. The molecule has 3 saturated heterocycles. The number of aromatic nitrogens is 2. The number of hydrogen-bond acceptors (Lipinski definition) is 21. The number of fused-ring (bicyclic) bond motifs is 2. The number of ether oxygens (including phenoxy) is 7. The van der Waals surface area contributed by atoms with Crippen molar-refractivity contribution in [3.8, 4) is 0 Å². The fourth-order valence-corrected chi connectivity index (χ4v) is 12.7. The first kappa shape index (κ1) is 81.5. The van der Waals surface area contributed by atoms with E-state index in [-0.39, 0.29) is 77.3 Å². The summed E-state index contributed by atoms with van der Waals surface area (Å²) in [6.07, 6.45) is 4.53. The second-order valence-electron chi connectivity index (χ2n) is 21.1. The number of carbonyl (C=O) groups excluding carboxylic acids is 5. The molecule has 1 aromatic carbocycles. The van der Waals surface area contributed by atoms with Gasteiger partial charge in [0, 0.05) is 162 Å². The molecule has 6 aromatic rings. The van der Waals surface area contributed by atoms with E-state index in [9.17, 15) is 33.6 Å². The maximum absolute atomic E-state index is 13.0. The van der Waals surface area contributed by atoms with Gasteiger partial charge in [0.25, 0.3) is 5.91 Å². The predicted octanol–water partition coefficient (Wildman–Crippen LogP) is 8.77. The summed E-state index contributed by atoms with van der Waals surface area (Å²) in [6, 6.07) is 12.9. The Balaban J connectivity index is 0.000000283. The van der Waals surface area contributed by atoms with E-state index in [2.05, 4.69) is 94.5 Å². The Morgan fingerprint density at radius 1 is 0.648 bits per heavy atom. The van der Waals surface area contributed by atoms with Crippen LogP contribution in [0.3, 0.4) is 0 Å². The molecule has 1 N–H and O–H groups in total. The predicted molar refractivity (Wildman–Crippen MR) is 402 cm³/mol. The third-order valence-electron chi connectivity index (χ3n) is 13.4. The molecule has 0 bridgehead atoms. The van der Waals surface area contributed by atoms with Gasteiger partial charge in [0.1, 0.15) is 31.4 Å². The van der Waals surface area contributed by atoms with Crippen LogP contribution in [-0.4, -0.2) is 165 Å². The number of amides is 1. The Morgan fingerprint density at radius 2 is 1.05 bits per heavy atom. The molecule has 5 aromatic heterocycles. The molecule has 1 amide bonds. The molecule has 9 rings (SSSR count). The average molecular weight is 2010 g/mol. The van der Waals surface area contributed by atoms with Gasteiger partial charge in [0.2, 0.25) is 10.9 Å². The van der Waals surface area contributed by atoms with E-state index in [0.717, 1.165) is 109 Å². The summed E-state index contributed by atoms with van der Waals surface area (Å²) >= 11 is 20.0. The molecule has 3 aliphatic heterocycles. The summed E-state index contributed by atoms with van der Waals surface area (Å²) in [5.41, 5.74) is 0.141. The first-order valence-corrected chi connectivity index (χ1v) is 50.3. The van der Waals surface area contributed by atoms with Crippen LogP contribution >= 0.6 is 144 Å². The van der Waals surface area contributed by atoms with Crippen molar-refractivity contribution in [1.82, 2.24) is 29.2 Å². The number of morpholine rings is 3. The van der Waals surface area contributed by atoms with Crippen LogP contribution in [0.25, 0.3) is 20.4 Å². The Labute approximate surface area is 618 Å². The van der Waals surface area contributed by atoms with Crippen molar-refractivity contribution in [3.63, 3.8) is 0 Å². The molecule has 0 saturated carbocycles. The second kappa shape index (κ2) is 42.0. The number of anilines is 1. The van der Waals surface area contributed by atoms with Crippen molar-refractivity contribution in [1.29, 1.82) is 0 Å². The van der Waals surface area contributed by atoms with Crippen molar-refractivity contribution in [2.45, 2.75) is 73.3 Å². The summed E-state index contributed by atoms with van der Waals surface area (Å²) < 4.78 is 40.5. The van der Waals surface area contributed by atoms with E-state index >= 15 is 0 Å². The average Bonchev–Trinajstić information content (AvgIpc) is 1.72. The van der Waals surface area contributed by atoms with Gasteiger partial charge in [-0.2, -0.15) is 0 Å². The Kier molecular flexibility index (Phi) is 37.6. The van der Waals surface area contributed by atoms with Crippen molar-refractivity contribution in [2.75, 3.05) is 111 Å². The zero-order chi connectivity index (χ0) is 66.1. The van der Waals surface area contributed by atoms with Crippen LogP contribution in [-0.2, 0) is 83.0 Å². The molecule has 3 fully saturated rings. The molecule has 0 unspecified atom stereocenters. The van der Waals surface area contributed by atoms with Crippen molar-refractivity contribution < 1.29 is 70.4 Å². The number of rotatable bonds is 18. The van der Waals surface area contributed by atoms with E-state index in [0.29, 0.717) is 65.9 Å². The number of hydrogen-bond donors (Lipinski definition) is 1. The van der Waals surface area contributed by atoms with Crippen LogP contribution < -0.4 is 34.3 Å². The molecule has 91 heavy (non-hydrogen) atoms. The van der Waals surface area contributed by atoms with E-state index in [4.69, 9.17) is 44.8 Å². The molecular weight excluding hydrogens is 1940 g/mol. The van der Waals surface area contributed by atoms with E-state index in [1.54, 1.807) is 101 Å². The van der Waals surface area contributed by atoms with E-state index < -0.39 is 29.5 Å². The number of aryl methyl sites for hydroxylation is 2. The second-order valence-corrected chi connectivity index (χ2v) is 41.1. The van der Waals surface area contributed by atoms with E-state index in [1.165, 1.54) is 17.5 Å². The normalized spacial score (nSPS) is 14.3. The fraction of sp³-hybridized carbons (Fsp3) is 0.483. The molecule has 504 valence electrons. The zero-order valence-electron chi connectivity index (χ0n) is 52.0. The molecule has 0 aliphatic carbocycles. The summed E-state index contributed by atoms with van der Waals surface area (Å²) in [6.45, 7) is 23.0. The molecule has 0 spiro atoms. The Bertz CT molecular complexity index is 3470. The van der Waals surface area contributed by atoms with Crippen molar-refractivity contribution in [2.24, 2.45) is 14.1 Å². The maximum atomic E-state index is 13.0. The number of nitrogens with zero attached hydrogens (tertiary/aromatic N) is 6. The van der Waals surface area contributed by atoms with Crippen LogP contribution in [0.4, 0.5) is 5.00 Å². The van der Waals surface area contributed by atoms with Crippen LogP contribution in [0.15, 0.2) is 76.2 Å². The number of thiophene rings is 3. The third kappa shape index (κ3) is 25.8. The molecule has 3 aliphatic rings. The number of carbonyl (C=O) groups is 5. The molecule has 31 heteroatoms. The molecular formula is C60H77ClI6N7O14S3-. The molecule has 0 radical (unpaired) electrons. The monoisotopic (exact) mass is 2010 g/mol. The van der Waals surface area contributed by atoms with Gasteiger partial charge >= 0.3 is 74.4 Å². The summed E-state index contributed by atoms with van der Waals surface area (Å²) in [4.78, 5) is 101. The van der Waals surface area contributed by atoms with Crippen LogP contribution in [0, 0.1) is 0 Å². The minimum absolute atomic E-state index is 0. The number of nitrogens with one attached hydrogen (secondary N) is 1. The van der Waals surface area contributed by atoms with Gasteiger partial charge in [-0.3, -0.25) is 29.1 Å². The molecule has 21 nitrogen and oxygen atoms in total. The van der Waals surface area contributed by atoms with Crippen LogP contribution in [0.1, 0.15) is 92.8 Å². The zero-order valence-corrected chi connectivity index (χ0v) is 68.3. The van der Waals surface area contributed by atoms with Gasteiger partial charge in [0.05, 0.1) is 75.8 Å². The van der Waals surface area contributed by atoms with Gasteiger partial charge in [-0.1, -0.05) is 23.7 Å². The van der Waals surface area contributed by atoms with Crippen molar-refractivity contribution in [3.05, 3.63) is 129 Å². The number of pyridine rings is 2. The summed E-state index contributed by atoms with van der Waals surface area (Å²) in [7, 11) is 5.38. The Morgan fingerprint density at radius 3 is 1.47 bits per heavy atom. The van der Waals surface area contributed by atoms with E-state index in [1.807, 2.05) is 53.6 Å². The van der Waals surface area contributed by atoms with Crippen LogP contribution in [0.5, 0.6) is 0 Å². The molecule has 0 atom stereocenters. The Hall–Kier alpha value is -1.94. The third-order valence-corrected chi connectivity index (χ3v) is 17.2. The standard InChI is InChI=1S/C23H34N2O7S.C21H22ClN3O3S.C16H20N2O4S.I3.I2.HI/c1-7-30-20(26)18(21(27)31-8-2)15-24(6)19-17(22(28)32-23(3,4)5)13-16(33-19)14-25-9-11-29-12-10-25;1-24-13-18(20(27)23-11-14-2-4-15(22)5-3-14)19(26)17-10-16(29-21(17)24)12-25-6-8-28-9-7-25;1-3-22-16(20)13-10-17(2)15-12(14(13)19)8-11(23-15)9-18-4-6-21-7-5-18;1-3-2;1-2;/h13,15H,7-12,14H2,1-6H3;2-5,10,13H,6-9,11-12H2,1H3,(H,23,27);8,10H,3-7,9H2,1-2H3;;;1H/q;;;-1;;. The summed E-state index contributed by atoms with van der Waals surface area (Å²) in [5, 5.41) is 5.21. The SMILES string of the molecule is CCOC(=O)C(=CN(C)c1sc(CN2CCOCC2)cc1C(=O)OC(C)(C)C)C(=O)OCC.CCOC(=O)c1cn(C)c2sc(CN3CCOCC3)cc2c1=O.Cn1cc(C(=O)NCc2ccc(Cl)cc2)c(=O)c2cc(CN3CCOCC3)sc21.I.II.I[I-]I. The number of benzene rings is 1. The van der Waals surface area contributed by atoms with Crippen molar-refractivity contribution >= 4 is 199 Å². The van der Waals surface area contributed by atoms with Crippen LogP contribution in [0.2, 0.25) is 5.02 Å². The number of halogens is 7. The number of esters is 4.